The van der Waals surface area contributed by atoms with Crippen LogP contribution in [0.25, 0.3) is 0 Å². The molecule has 0 bridgehead atoms. The Hall–Kier alpha value is -2.86. The van der Waals surface area contributed by atoms with E-state index in [9.17, 15) is 14.7 Å². The smallest absolute Gasteiger partial charge is 0.339 e. The van der Waals surface area contributed by atoms with Crippen molar-refractivity contribution in [3.63, 3.8) is 0 Å². The van der Waals surface area contributed by atoms with Crippen LogP contribution < -0.4 is 10.1 Å². The number of rotatable bonds is 9. The second-order valence-corrected chi connectivity index (χ2v) is 5.20. The van der Waals surface area contributed by atoms with Crippen LogP contribution in [-0.2, 0) is 9.53 Å². The van der Waals surface area contributed by atoms with E-state index in [-0.39, 0.29) is 23.8 Å². The van der Waals surface area contributed by atoms with E-state index in [1.54, 1.807) is 31.2 Å². The highest BCUT2D eigenvalue weighted by Crippen LogP contribution is 2.24. The van der Waals surface area contributed by atoms with Gasteiger partial charge in [0.25, 0.3) is 5.91 Å². The summed E-state index contributed by atoms with van der Waals surface area (Å²) in [5, 5.41) is 12.0. The summed E-state index contributed by atoms with van der Waals surface area (Å²) < 4.78 is 10.3. The van der Waals surface area contributed by atoms with Gasteiger partial charge in [0.05, 0.1) is 6.61 Å². The fourth-order valence-electron chi connectivity index (χ4n) is 1.94. The van der Waals surface area contributed by atoms with Gasteiger partial charge in [-0.3, -0.25) is 4.79 Å². The number of amides is 1. The average Bonchev–Trinajstić information content (AvgIpc) is 2.56. The lowest BCUT2D eigenvalue weighted by molar-refractivity contribution is -0.112. The van der Waals surface area contributed by atoms with Gasteiger partial charge in [-0.1, -0.05) is 18.7 Å². The molecule has 0 radical (unpaired) electrons. The number of methoxy groups -OCH3 is 1. The molecule has 0 saturated heterocycles. The van der Waals surface area contributed by atoms with Crippen molar-refractivity contribution in [1.29, 1.82) is 0 Å². The third-order valence-electron chi connectivity index (χ3n) is 3.17. The summed E-state index contributed by atoms with van der Waals surface area (Å²) in [5.74, 6) is -1.30. The minimum atomic E-state index is -1.15. The molecule has 0 aliphatic rings. The van der Waals surface area contributed by atoms with E-state index >= 15 is 0 Å². The number of hydrogen-bond acceptors (Lipinski definition) is 4. The molecule has 6 heteroatoms. The molecule has 6 nitrogen and oxygen atoms in total. The maximum Gasteiger partial charge on any atom is 0.339 e. The van der Waals surface area contributed by atoms with Gasteiger partial charge in [-0.2, -0.15) is 0 Å². The van der Waals surface area contributed by atoms with Crippen molar-refractivity contribution in [2.75, 3.05) is 25.6 Å². The van der Waals surface area contributed by atoms with Crippen LogP contribution in [0.5, 0.6) is 5.75 Å². The van der Waals surface area contributed by atoms with Gasteiger partial charge >= 0.3 is 5.97 Å². The molecule has 0 aromatic heterocycles. The van der Waals surface area contributed by atoms with E-state index in [0.717, 1.165) is 0 Å². The largest absolute Gasteiger partial charge is 0.490 e. The molecule has 0 spiro atoms. The summed E-state index contributed by atoms with van der Waals surface area (Å²) in [5.41, 5.74) is 1.33. The number of benzene rings is 1. The third kappa shape index (κ3) is 6.27. The lowest BCUT2D eigenvalue weighted by Gasteiger charge is -2.12. The Labute approximate surface area is 147 Å². The maximum atomic E-state index is 12.4. The highest BCUT2D eigenvalue weighted by molar-refractivity contribution is 6.07. The third-order valence-corrected chi connectivity index (χ3v) is 3.17. The fraction of sp³-hybridized carbons (Fsp3) is 0.263. The molecule has 1 amide bonds. The molecule has 0 unspecified atom stereocenters. The van der Waals surface area contributed by atoms with Crippen LogP contribution in [0, 0.1) is 0 Å². The molecular weight excluding hydrogens is 322 g/mol. The zero-order valence-electron chi connectivity index (χ0n) is 14.7. The average molecular weight is 345 g/mol. The molecule has 0 saturated carbocycles. The van der Waals surface area contributed by atoms with Crippen LogP contribution >= 0.6 is 0 Å². The van der Waals surface area contributed by atoms with E-state index in [4.69, 9.17) is 9.47 Å². The topological polar surface area (TPSA) is 84.9 Å². The summed E-state index contributed by atoms with van der Waals surface area (Å²) in [4.78, 5) is 23.8. The number of carboxylic acids is 1. The van der Waals surface area contributed by atoms with E-state index in [1.807, 2.05) is 6.92 Å². The van der Waals surface area contributed by atoms with Crippen molar-refractivity contribution in [2.24, 2.45) is 0 Å². The van der Waals surface area contributed by atoms with E-state index in [2.05, 4.69) is 11.9 Å². The predicted molar refractivity (Wildman–Crippen MR) is 97.1 cm³/mol. The second kappa shape index (κ2) is 10.1. The lowest BCUT2D eigenvalue weighted by Crippen LogP contribution is -2.16. The van der Waals surface area contributed by atoms with Gasteiger partial charge in [0, 0.05) is 18.4 Å². The second-order valence-electron chi connectivity index (χ2n) is 5.20. The minimum Gasteiger partial charge on any atom is -0.490 e. The number of nitrogens with one attached hydrogen (secondary N) is 1. The van der Waals surface area contributed by atoms with Crippen LogP contribution in [0.4, 0.5) is 5.69 Å². The quantitative estimate of drug-likeness (QED) is 0.407. The Kier molecular flexibility index (Phi) is 8.15. The highest BCUT2D eigenvalue weighted by atomic mass is 16.5. The molecule has 25 heavy (non-hydrogen) atoms. The molecule has 1 aromatic rings. The monoisotopic (exact) mass is 345 g/mol. The van der Waals surface area contributed by atoms with Crippen molar-refractivity contribution in [3.05, 3.63) is 59.7 Å². The van der Waals surface area contributed by atoms with Gasteiger partial charge in [-0.15, -0.1) is 0 Å². The molecule has 2 N–H and O–H groups in total. The summed E-state index contributed by atoms with van der Waals surface area (Å²) >= 11 is 0. The first-order valence-electron chi connectivity index (χ1n) is 7.70. The number of anilines is 1. The molecule has 134 valence electrons. The summed E-state index contributed by atoms with van der Waals surface area (Å²) in [7, 11) is 1.53. The molecule has 0 aliphatic carbocycles. The van der Waals surface area contributed by atoms with Crippen molar-refractivity contribution in [2.45, 2.75) is 13.8 Å². The molecule has 1 aromatic carbocycles. The SMILES string of the molecule is C=C(C)/C(=C\C=C/C)C(=O)Nc1ccc(OCCOC)c(C(=O)O)c1. The number of carbonyl (C=O) groups is 2. The first kappa shape index (κ1) is 20.2. The molecule has 0 aliphatic heterocycles. The van der Waals surface area contributed by atoms with Gasteiger partial charge in [-0.05, 0) is 43.7 Å². The van der Waals surface area contributed by atoms with Crippen LogP contribution in [0.15, 0.2) is 54.2 Å². The van der Waals surface area contributed by atoms with Crippen LogP contribution in [-0.4, -0.2) is 37.3 Å². The molecule has 1 rings (SSSR count). The number of hydrogen-bond donors (Lipinski definition) is 2. The number of allylic oxidation sites excluding steroid dienone is 3. The Morgan fingerprint density at radius 3 is 2.60 bits per heavy atom. The maximum absolute atomic E-state index is 12.4. The first-order chi connectivity index (χ1) is 11.9. The Balaban J connectivity index is 3.02. The highest BCUT2D eigenvalue weighted by Gasteiger charge is 2.15. The minimum absolute atomic E-state index is 0.0387. The van der Waals surface area contributed by atoms with Gasteiger partial charge in [0.15, 0.2) is 0 Å². The van der Waals surface area contributed by atoms with E-state index in [1.165, 1.54) is 19.2 Å². The normalized spacial score (nSPS) is 11.4. The number of carboxylic acid groups (broad SMARTS) is 1. The number of ether oxygens (including phenoxy) is 2. The van der Waals surface area contributed by atoms with Gasteiger partial charge in [-0.25, -0.2) is 4.79 Å². The summed E-state index contributed by atoms with van der Waals surface area (Å²) in [6.45, 7) is 7.92. The summed E-state index contributed by atoms with van der Waals surface area (Å²) in [6.07, 6.45) is 5.18. The zero-order chi connectivity index (χ0) is 18.8. The molecule has 0 heterocycles. The predicted octanol–water partition coefficient (Wildman–Crippen LogP) is 3.43. The standard InChI is InChI=1S/C19H23NO5/c1-5-6-7-15(13(2)3)18(21)20-14-8-9-17(25-11-10-24-4)16(12-14)19(22)23/h5-9,12H,2,10-11H2,1,3-4H3,(H,20,21)(H,22,23)/b6-5-,15-7+. The lowest BCUT2D eigenvalue weighted by atomic mass is 10.1. The van der Waals surface area contributed by atoms with Gasteiger partial charge in [0.1, 0.15) is 17.9 Å². The Morgan fingerprint density at radius 1 is 1.32 bits per heavy atom. The Morgan fingerprint density at radius 2 is 2.04 bits per heavy atom. The Bertz CT molecular complexity index is 704. The summed E-state index contributed by atoms with van der Waals surface area (Å²) in [6, 6.07) is 4.44. The van der Waals surface area contributed by atoms with E-state index in [0.29, 0.717) is 23.4 Å². The van der Waals surface area contributed by atoms with E-state index < -0.39 is 5.97 Å². The van der Waals surface area contributed by atoms with Crippen molar-refractivity contribution >= 4 is 17.6 Å². The van der Waals surface area contributed by atoms with Crippen molar-refractivity contribution < 1.29 is 24.2 Å². The van der Waals surface area contributed by atoms with Crippen molar-refractivity contribution in [3.8, 4) is 5.75 Å². The van der Waals surface area contributed by atoms with Crippen molar-refractivity contribution in [1.82, 2.24) is 0 Å². The molecular formula is C19H23NO5. The first-order valence-corrected chi connectivity index (χ1v) is 7.70. The van der Waals surface area contributed by atoms with Crippen LogP contribution in [0.3, 0.4) is 0 Å². The fourth-order valence-corrected chi connectivity index (χ4v) is 1.94. The van der Waals surface area contributed by atoms with Gasteiger partial charge in [0.2, 0.25) is 0 Å². The molecule has 0 fully saturated rings. The van der Waals surface area contributed by atoms with Gasteiger partial charge < -0.3 is 19.9 Å². The van der Waals surface area contributed by atoms with Crippen LogP contribution in [0.1, 0.15) is 24.2 Å². The molecule has 0 atom stereocenters. The van der Waals surface area contributed by atoms with Crippen LogP contribution in [0.2, 0.25) is 0 Å². The zero-order valence-corrected chi connectivity index (χ0v) is 14.7. The number of carbonyl (C=O) groups excluding carboxylic acids is 1. The number of aromatic carboxylic acids is 1.